The summed E-state index contributed by atoms with van der Waals surface area (Å²) in [4.78, 5) is 15.0. The van der Waals surface area contributed by atoms with Crippen LogP contribution in [0.4, 0.5) is 5.69 Å². The van der Waals surface area contributed by atoms with Crippen LogP contribution in [-0.2, 0) is 17.8 Å². The van der Waals surface area contributed by atoms with E-state index in [1.165, 1.54) is 5.56 Å². The first-order valence-electron chi connectivity index (χ1n) is 10.1. The number of ether oxygens (including phenoxy) is 1. The maximum absolute atomic E-state index is 12.6. The first kappa shape index (κ1) is 20.5. The number of benzene rings is 2. The average molecular weight is 382 g/mol. The quantitative estimate of drug-likeness (QED) is 0.769. The molecule has 0 spiro atoms. The van der Waals surface area contributed by atoms with Crippen LogP contribution in [0.1, 0.15) is 42.3 Å². The Morgan fingerprint density at radius 1 is 1.07 bits per heavy atom. The molecule has 0 aliphatic carbocycles. The van der Waals surface area contributed by atoms with Crippen molar-refractivity contribution in [1.29, 1.82) is 0 Å². The summed E-state index contributed by atoms with van der Waals surface area (Å²) in [7, 11) is 0. The molecule has 1 aliphatic heterocycles. The fraction of sp³-hybridized carbons (Fsp3) is 0.435. The van der Waals surface area contributed by atoms with Crippen molar-refractivity contribution in [3.05, 3.63) is 65.2 Å². The summed E-state index contributed by atoms with van der Waals surface area (Å²) in [5, 5.41) is 6.29. The van der Waals surface area contributed by atoms with E-state index in [4.69, 9.17) is 4.74 Å². The van der Waals surface area contributed by atoms with Gasteiger partial charge in [-0.1, -0.05) is 31.2 Å². The Kier molecular flexibility index (Phi) is 7.20. The van der Waals surface area contributed by atoms with Gasteiger partial charge in [-0.25, -0.2) is 0 Å². The van der Waals surface area contributed by atoms with Gasteiger partial charge in [0, 0.05) is 37.4 Å². The predicted octanol–water partition coefficient (Wildman–Crippen LogP) is 3.66. The molecule has 2 atom stereocenters. The molecular weight excluding hydrogens is 350 g/mol. The Labute approximate surface area is 168 Å². The number of nitrogens with zero attached hydrogens (tertiary/aromatic N) is 1. The van der Waals surface area contributed by atoms with Crippen LogP contribution in [0.2, 0.25) is 0 Å². The van der Waals surface area contributed by atoms with Gasteiger partial charge < -0.3 is 15.4 Å². The van der Waals surface area contributed by atoms with Gasteiger partial charge in [-0.15, -0.1) is 0 Å². The van der Waals surface area contributed by atoms with E-state index in [1.54, 1.807) is 0 Å². The highest BCUT2D eigenvalue weighted by atomic mass is 16.5. The molecule has 28 heavy (non-hydrogen) atoms. The van der Waals surface area contributed by atoms with E-state index in [-0.39, 0.29) is 18.1 Å². The van der Waals surface area contributed by atoms with Gasteiger partial charge in [0.25, 0.3) is 5.91 Å². The second kappa shape index (κ2) is 9.82. The third kappa shape index (κ3) is 5.89. The maximum Gasteiger partial charge on any atom is 0.255 e. The lowest BCUT2D eigenvalue weighted by atomic mass is 10.1. The van der Waals surface area contributed by atoms with Crippen molar-refractivity contribution in [2.45, 2.75) is 46.1 Å². The van der Waals surface area contributed by atoms with Gasteiger partial charge in [0.2, 0.25) is 0 Å². The van der Waals surface area contributed by atoms with Gasteiger partial charge in [-0.05, 0) is 55.8 Å². The molecule has 2 aromatic carbocycles. The molecule has 0 bridgehead atoms. The number of hydrogen-bond acceptors (Lipinski definition) is 4. The van der Waals surface area contributed by atoms with E-state index in [2.05, 4.69) is 42.4 Å². The number of carbonyl (C=O) groups is 1. The third-order valence-electron chi connectivity index (χ3n) is 4.88. The number of anilines is 1. The molecule has 0 aromatic heterocycles. The van der Waals surface area contributed by atoms with Crippen LogP contribution in [0, 0.1) is 0 Å². The van der Waals surface area contributed by atoms with Crippen molar-refractivity contribution in [3.8, 4) is 0 Å². The minimum absolute atomic E-state index is 0.0826. The fourth-order valence-corrected chi connectivity index (χ4v) is 3.66. The van der Waals surface area contributed by atoms with E-state index >= 15 is 0 Å². The lowest BCUT2D eigenvalue weighted by molar-refractivity contribution is -0.0704. The Bertz CT molecular complexity index is 766. The summed E-state index contributed by atoms with van der Waals surface area (Å²) in [6.07, 6.45) is 0.522. The van der Waals surface area contributed by atoms with E-state index in [1.807, 2.05) is 42.5 Å². The van der Waals surface area contributed by atoms with Crippen molar-refractivity contribution >= 4 is 11.6 Å². The van der Waals surface area contributed by atoms with Gasteiger partial charge in [-0.2, -0.15) is 0 Å². The number of morpholine rings is 1. The first-order valence-corrected chi connectivity index (χ1v) is 10.1. The van der Waals surface area contributed by atoms with Crippen LogP contribution in [0.25, 0.3) is 0 Å². The van der Waals surface area contributed by atoms with E-state index in [0.29, 0.717) is 5.56 Å². The molecule has 1 fully saturated rings. The minimum Gasteiger partial charge on any atom is -0.373 e. The monoisotopic (exact) mass is 381 g/mol. The van der Waals surface area contributed by atoms with Gasteiger partial charge >= 0.3 is 0 Å². The number of rotatable bonds is 7. The first-order chi connectivity index (χ1) is 13.5. The highest BCUT2D eigenvalue weighted by Crippen LogP contribution is 2.16. The van der Waals surface area contributed by atoms with Crippen molar-refractivity contribution in [2.75, 3.05) is 25.0 Å². The molecule has 3 rings (SSSR count). The summed E-state index contributed by atoms with van der Waals surface area (Å²) >= 11 is 0. The Morgan fingerprint density at radius 2 is 1.79 bits per heavy atom. The van der Waals surface area contributed by atoms with Crippen molar-refractivity contribution < 1.29 is 9.53 Å². The average Bonchev–Trinajstić information content (AvgIpc) is 2.66. The Balaban J connectivity index is 1.58. The SMILES string of the molecule is CCNCc1cccc(NC(=O)c2ccc(CN3CC(C)OC(C)C3)cc2)c1. The van der Waals surface area contributed by atoms with E-state index in [0.717, 1.165) is 44.0 Å². The van der Waals surface area contributed by atoms with Crippen LogP contribution in [-0.4, -0.2) is 42.6 Å². The number of carbonyl (C=O) groups excluding carboxylic acids is 1. The van der Waals surface area contributed by atoms with Crippen molar-refractivity contribution in [3.63, 3.8) is 0 Å². The summed E-state index contributed by atoms with van der Waals surface area (Å²) in [5.74, 6) is -0.0826. The summed E-state index contributed by atoms with van der Waals surface area (Å²) < 4.78 is 5.79. The highest BCUT2D eigenvalue weighted by molar-refractivity contribution is 6.04. The molecule has 0 radical (unpaired) electrons. The largest absolute Gasteiger partial charge is 0.373 e. The lowest BCUT2D eigenvalue weighted by Crippen LogP contribution is -2.44. The molecule has 5 nitrogen and oxygen atoms in total. The number of amides is 1. The van der Waals surface area contributed by atoms with Crippen LogP contribution >= 0.6 is 0 Å². The summed E-state index contributed by atoms with van der Waals surface area (Å²) in [6.45, 7) is 10.8. The predicted molar refractivity (Wildman–Crippen MR) is 114 cm³/mol. The molecule has 1 saturated heterocycles. The molecule has 2 unspecified atom stereocenters. The standard InChI is InChI=1S/C23H31N3O2/c1-4-24-13-20-6-5-7-22(12-20)25-23(27)21-10-8-19(9-11-21)16-26-14-17(2)28-18(3)15-26/h5-12,17-18,24H,4,13-16H2,1-3H3,(H,25,27). The van der Waals surface area contributed by atoms with Crippen LogP contribution < -0.4 is 10.6 Å². The third-order valence-corrected chi connectivity index (χ3v) is 4.88. The van der Waals surface area contributed by atoms with Gasteiger partial charge in [0.05, 0.1) is 12.2 Å². The summed E-state index contributed by atoms with van der Waals surface area (Å²) in [6, 6.07) is 15.8. The van der Waals surface area contributed by atoms with E-state index in [9.17, 15) is 4.79 Å². The van der Waals surface area contributed by atoms with Crippen LogP contribution in [0.5, 0.6) is 0 Å². The molecule has 1 aliphatic rings. The van der Waals surface area contributed by atoms with Crippen molar-refractivity contribution in [1.82, 2.24) is 10.2 Å². The van der Waals surface area contributed by atoms with Gasteiger partial charge in [0.15, 0.2) is 0 Å². The zero-order valence-corrected chi connectivity index (χ0v) is 17.1. The second-order valence-electron chi connectivity index (χ2n) is 7.58. The molecule has 1 amide bonds. The smallest absolute Gasteiger partial charge is 0.255 e. The normalized spacial score (nSPS) is 20.1. The molecule has 2 aromatic rings. The summed E-state index contributed by atoms with van der Waals surface area (Å²) in [5.41, 5.74) is 3.86. The molecule has 0 saturated carbocycles. The molecule has 2 N–H and O–H groups in total. The fourth-order valence-electron chi connectivity index (χ4n) is 3.66. The number of hydrogen-bond donors (Lipinski definition) is 2. The Morgan fingerprint density at radius 3 is 2.46 bits per heavy atom. The topological polar surface area (TPSA) is 53.6 Å². The van der Waals surface area contributed by atoms with E-state index < -0.39 is 0 Å². The van der Waals surface area contributed by atoms with Crippen LogP contribution in [0.15, 0.2) is 48.5 Å². The minimum atomic E-state index is -0.0826. The maximum atomic E-state index is 12.6. The van der Waals surface area contributed by atoms with Gasteiger partial charge in [-0.3, -0.25) is 9.69 Å². The van der Waals surface area contributed by atoms with Gasteiger partial charge in [0.1, 0.15) is 0 Å². The second-order valence-corrected chi connectivity index (χ2v) is 7.58. The highest BCUT2D eigenvalue weighted by Gasteiger charge is 2.22. The zero-order chi connectivity index (χ0) is 19.9. The zero-order valence-electron chi connectivity index (χ0n) is 17.1. The molecule has 1 heterocycles. The van der Waals surface area contributed by atoms with Crippen LogP contribution in [0.3, 0.4) is 0 Å². The molecule has 5 heteroatoms. The van der Waals surface area contributed by atoms with Crippen molar-refractivity contribution in [2.24, 2.45) is 0 Å². The Hall–Kier alpha value is -2.21. The molecular formula is C23H31N3O2. The number of nitrogens with one attached hydrogen (secondary N) is 2. The molecule has 150 valence electrons. The lowest BCUT2D eigenvalue weighted by Gasteiger charge is -2.35.